The lowest BCUT2D eigenvalue weighted by atomic mass is 10.1. The highest BCUT2D eigenvalue weighted by molar-refractivity contribution is 5.90. The van der Waals surface area contributed by atoms with Gasteiger partial charge in [-0.3, -0.25) is 9.59 Å². The number of aliphatic carboxylic acids is 1. The Bertz CT molecular complexity index is 443. The fourth-order valence-electron chi connectivity index (χ4n) is 1.35. The van der Waals surface area contributed by atoms with Crippen LogP contribution in [0.4, 0.5) is 11.4 Å². The van der Waals surface area contributed by atoms with E-state index >= 15 is 0 Å². The van der Waals surface area contributed by atoms with Crippen molar-refractivity contribution < 1.29 is 14.7 Å². The normalized spacial score (nSPS) is 11.7. The average Bonchev–Trinajstić information content (AvgIpc) is 2.22. The molecule has 5 nitrogen and oxygen atoms in total. The standard InChI is InChI=1S/C12H16N2O3/c1-7-4-5-10(13-8(2)12(16)17)6-11(7)14-9(3)15/h4-6,8,13H,1-3H3,(H,14,15)(H,16,17). The first-order chi connectivity index (χ1) is 7.90. The molecule has 0 aliphatic rings. The fraction of sp³-hybridized carbons (Fsp3) is 0.333. The van der Waals surface area contributed by atoms with Crippen LogP contribution in [0.5, 0.6) is 0 Å². The number of carboxylic acid groups (broad SMARTS) is 1. The summed E-state index contributed by atoms with van der Waals surface area (Å²) in [6.07, 6.45) is 0. The molecule has 0 saturated heterocycles. The molecule has 1 amide bonds. The highest BCUT2D eigenvalue weighted by Crippen LogP contribution is 2.20. The second-order valence-corrected chi connectivity index (χ2v) is 3.92. The van der Waals surface area contributed by atoms with E-state index in [1.54, 1.807) is 19.1 Å². The SMILES string of the molecule is CC(=O)Nc1cc(NC(C)C(=O)O)ccc1C. The zero-order chi connectivity index (χ0) is 13.0. The Labute approximate surface area is 99.8 Å². The molecule has 1 aromatic carbocycles. The molecule has 0 heterocycles. The molecule has 0 spiro atoms. The molecule has 0 aliphatic heterocycles. The maximum absolute atomic E-state index is 11.0. The number of aryl methyl sites for hydroxylation is 1. The number of carboxylic acids is 1. The van der Waals surface area contributed by atoms with E-state index in [4.69, 9.17) is 5.11 Å². The van der Waals surface area contributed by atoms with Gasteiger partial charge in [-0.15, -0.1) is 0 Å². The average molecular weight is 236 g/mol. The van der Waals surface area contributed by atoms with Gasteiger partial charge in [-0.1, -0.05) is 6.07 Å². The minimum absolute atomic E-state index is 0.156. The van der Waals surface area contributed by atoms with Crippen molar-refractivity contribution in [2.75, 3.05) is 10.6 Å². The summed E-state index contributed by atoms with van der Waals surface area (Å²) < 4.78 is 0. The molecule has 1 rings (SSSR count). The van der Waals surface area contributed by atoms with Crippen LogP contribution in [-0.4, -0.2) is 23.0 Å². The fourth-order valence-corrected chi connectivity index (χ4v) is 1.35. The largest absolute Gasteiger partial charge is 0.480 e. The van der Waals surface area contributed by atoms with Gasteiger partial charge in [0.2, 0.25) is 5.91 Å². The monoisotopic (exact) mass is 236 g/mol. The van der Waals surface area contributed by atoms with Gasteiger partial charge in [0.1, 0.15) is 6.04 Å². The van der Waals surface area contributed by atoms with Crippen LogP contribution in [0, 0.1) is 6.92 Å². The van der Waals surface area contributed by atoms with Crippen LogP contribution in [0.2, 0.25) is 0 Å². The van der Waals surface area contributed by atoms with Crippen LogP contribution in [0.25, 0.3) is 0 Å². The van der Waals surface area contributed by atoms with Crippen LogP contribution in [0.3, 0.4) is 0 Å². The Balaban J connectivity index is 2.88. The molecule has 0 fully saturated rings. The molecular weight excluding hydrogens is 220 g/mol. The van der Waals surface area contributed by atoms with E-state index in [0.29, 0.717) is 11.4 Å². The number of amides is 1. The molecule has 17 heavy (non-hydrogen) atoms. The number of carbonyl (C=O) groups excluding carboxylic acids is 1. The van der Waals surface area contributed by atoms with E-state index < -0.39 is 12.0 Å². The Morgan fingerprint density at radius 3 is 2.53 bits per heavy atom. The molecule has 0 aromatic heterocycles. The maximum atomic E-state index is 11.0. The lowest BCUT2D eigenvalue weighted by Gasteiger charge is -2.13. The summed E-state index contributed by atoms with van der Waals surface area (Å²) in [4.78, 5) is 21.7. The molecule has 0 saturated carbocycles. The Morgan fingerprint density at radius 2 is 2.00 bits per heavy atom. The molecule has 1 unspecified atom stereocenters. The highest BCUT2D eigenvalue weighted by atomic mass is 16.4. The summed E-state index contributed by atoms with van der Waals surface area (Å²) in [5.41, 5.74) is 2.27. The lowest BCUT2D eigenvalue weighted by molar-refractivity contribution is -0.137. The van der Waals surface area contributed by atoms with Crippen LogP contribution < -0.4 is 10.6 Å². The summed E-state index contributed by atoms with van der Waals surface area (Å²) in [7, 11) is 0. The number of nitrogens with one attached hydrogen (secondary N) is 2. The third-order valence-electron chi connectivity index (χ3n) is 2.30. The molecule has 0 bridgehead atoms. The van der Waals surface area contributed by atoms with Gasteiger partial charge in [0.15, 0.2) is 0 Å². The smallest absolute Gasteiger partial charge is 0.325 e. The van der Waals surface area contributed by atoms with Crippen LogP contribution in [0.1, 0.15) is 19.4 Å². The molecule has 92 valence electrons. The van der Waals surface area contributed by atoms with Crippen molar-refractivity contribution in [3.63, 3.8) is 0 Å². The van der Waals surface area contributed by atoms with Gasteiger partial charge in [-0.25, -0.2) is 0 Å². The van der Waals surface area contributed by atoms with Crippen molar-refractivity contribution in [3.05, 3.63) is 23.8 Å². The third-order valence-corrected chi connectivity index (χ3v) is 2.30. The van der Waals surface area contributed by atoms with Crippen molar-refractivity contribution in [2.45, 2.75) is 26.8 Å². The lowest BCUT2D eigenvalue weighted by Crippen LogP contribution is -2.25. The highest BCUT2D eigenvalue weighted by Gasteiger charge is 2.10. The second-order valence-electron chi connectivity index (χ2n) is 3.92. The van der Waals surface area contributed by atoms with Gasteiger partial charge in [0.05, 0.1) is 0 Å². The van der Waals surface area contributed by atoms with Crippen LogP contribution in [-0.2, 0) is 9.59 Å². The molecular formula is C12H16N2O3. The quantitative estimate of drug-likeness (QED) is 0.745. The molecule has 3 N–H and O–H groups in total. The van der Waals surface area contributed by atoms with Crippen molar-refractivity contribution >= 4 is 23.3 Å². The first-order valence-corrected chi connectivity index (χ1v) is 5.27. The van der Waals surface area contributed by atoms with Crippen LogP contribution in [0.15, 0.2) is 18.2 Å². The van der Waals surface area contributed by atoms with E-state index in [-0.39, 0.29) is 5.91 Å². The predicted molar refractivity (Wildman–Crippen MR) is 66.2 cm³/mol. The zero-order valence-electron chi connectivity index (χ0n) is 10.1. The van der Waals surface area contributed by atoms with E-state index in [9.17, 15) is 9.59 Å². The molecule has 5 heteroatoms. The topological polar surface area (TPSA) is 78.4 Å². The van der Waals surface area contributed by atoms with Gasteiger partial charge in [0, 0.05) is 18.3 Å². The summed E-state index contributed by atoms with van der Waals surface area (Å²) in [6.45, 7) is 4.86. The minimum Gasteiger partial charge on any atom is -0.480 e. The second kappa shape index (κ2) is 5.34. The van der Waals surface area contributed by atoms with Crippen LogP contribution >= 0.6 is 0 Å². The Kier molecular flexibility index (Phi) is 4.09. The van der Waals surface area contributed by atoms with Gasteiger partial charge < -0.3 is 15.7 Å². The Hall–Kier alpha value is -2.04. The molecule has 1 aromatic rings. The number of rotatable bonds is 4. The van der Waals surface area contributed by atoms with Gasteiger partial charge in [0.25, 0.3) is 0 Å². The van der Waals surface area contributed by atoms with E-state index in [1.165, 1.54) is 6.92 Å². The van der Waals surface area contributed by atoms with E-state index in [1.807, 2.05) is 13.0 Å². The van der Waals surface area contributed by atoms with Crippen molar-refractivity contribution in [1.29, 1.82) is 0 Å². The molecule has 0 aliphatic carbocycles. The number of hydrogen-bond donors (Lipinski definition) is 3. The van der Waals surface area contributed by atoms with E-state index in [0.717, 1.165) is 5.56 Å². The van der Waals surface area contributed by atoms with Gasteiger partial charge in [-0.2, -0.15) is 0 Å². The third kappa shape index (κ3) is 3.79. The van der Waals surface area contributed by atoms with Gasteiger partial charge >= 0.3 is 5.97 Å². The molecule has 1 atom stereocenters. The minimum atomic E-state index is -0.924. The summed E-state index contributed by atoms with van der Waals surface area (Å²) in [5, 5.41) is 14.3. The predicted octanol–water partition coefficient (Wildman–Crippen LogP) is 1.84. The summed E-state index contributed by atoms with van der Waals surface area (Å²) in [5.74, 6) is -1.08. The Morgan fingerprint density at radius 1 is 1.35 bits per heavy atom. The van der Waals surface area contributed by atoms with E-state index in [2.05, 4.69) is 10.6 Å². The van der Waals surface area contributed by atoms with Crippen molar-refractivity contribution in [2.24, 2.45) is 0 Å². The maximum Gasteiger partial charge on any atom is 0.325 e. The van der Waals surface area contributed by atoms with Crippen molar-refractivity contribution in [3.8, 4) is 0 Å². The number of benzene rings is 1. The molecule has 0 radical (unpaired) electrons. The number of anilines is 2. The first-order valence-electron chi connectivity index (χ1n) is 5.27. The summed E-state index contributed by atoms with van der Waals surface area (Å²) >= 11 is 0. The number of carbonyl (C=O) groups is 2. The first kappa shape index (κ1) is 13.0. The van der Waals surface area contributed by atoms with Crippen molar-refractivity contribution in [1.82, 2.24) is 0 Å². The zero-order valence-corrected chi connectivity index (χ0v) is 10.1. The number of hydrogen-bond acceptors (Lipinski definition) is 3. The van der Waals surface area contributed by atoms with Gasteiger partial charge in [-0.05, 0) is 31.5 Å². The summed E-state index contributed by atoms with van der Waals surface area (Å²) in [6, 6.07) is 4.64.